The summed E-state index contributed by atoms with van der Waals surface area (Å²) >= 11 is 0. The number of benzene rings is 1. The molecular weight excluding hydrogens is 288 g/mol. The monoisotopic (exact) mass is 318 g/mol. The molecule has 0 amide bonds. The fourth-order valence-corrected chi connectivity index (χ4v) is 4.42. The number of hydrogen-bond donors (Lipinski definition) is 2. The van der Waals surface area contributed by atoms with Crippen molar-refractivity contribution in [1.82, 2.24) is 9.80 Å². The van der Waals surface area contributed by atoms with Crippen LogP contribution in [0.3, 0.4) is 0 Å². The van der Waals surface area contributed by atoms with Crippen LogP contribution in [0.1, 0.15) is 30.4 Å². The maximum Gasteiger partial charge on any atom is 0.0609 e. The largest absolute Gasteiger partial charge is 0.395 e. The Morgan fingerprint density at radius 2 is 1.96 bits per heavy atom. The van der Waals surface area contributed by atoms with Crippen LogP contribution in [-0.2, 0) is 6.54 Å². The van der Waals surface area contributed by atoms with E-state index in [-0.39, 0.29) is 19.3 Å². The number of aliphatic hydroxyl groups is 2. The van der Waals surface area contributed by atoms with Crippen LogP contribution in [0.4, 0.5) is 0 Å². The molecule has 2 heterocycles. The standard InChI is InChI=1S/C19H30N2O2/c1-16-4-2-5-17(10-16)11-20-8-3-6-19(14-20)7-9-21(15-19)18(12-22)13-23/h2,4-5,10,18,22-23H,3,6-9,11-15H2,1H3/t19-/m1/s1. The third-order valence-corrected chi connectivity index (χ3v) is 5.63. The van der Waals surface area contributed by atoms with Crippen molar-refractivity contribution in [3.05, 3.63) is 35.4 Å². The zero-order chi connectivity index (χ0) is 16.3. The molecular formula is C19H30N2O2. The predicted octanol–water partition coefficient (Wildman–Crippen LogP) is 1.64. The van der Waals surface area contributed by atoms with Crippen molar-refractivity contribution < 1.29 is 10.2 Å². The minimum absolute atomic E-state index is 0.0551. The van der Waals surface area contributed by atoms with Crippen molar-refractivity contribution in [1.29, 1.82) is 0 Å². The molecule has 0 unspecified atom stereocenters. The van der Waals surface area contributed by atoms with Gasteiger partial charge < -0.3 is 10.2 Å². The molecule has 2 N–H and O–H groups in total. The molecule has 0 aliphatic carbocycles. The third-order valence-electron chi connectivity index (χ3n) is 5.63. The maximum atomic E-state index is 9.43. The summed E-state index contributed by atoms with van der Waals surface area (Å²) in [4.78, 5) is 4.88. The van der Waals surface area contributed by atoms with Gasteiger partial charge in [0.15, 0.2) is 0 Å². The van der Waals surface area contributed by atoms with Gasteiger partial charge in [0, 0.05) is 19.6 Å². The molecule has 23 heavy (non-hydrogen) atoms. The van der Waals surface area contributed by atoms with E-state index in [0.29, 0.717) is 5.41 Å². The van der Waals surface area contributed by atoms with Gasteiger partial charge in [-0.25, -0.2) is 0 Å². The van der Waals surface area contributed by atoms with Crippen LogP contribution in [0.2, 0.25) is 0 Å². The molecule has 0 aromatic heterocycles. The fourth-order valence-electron chi connectivity index (χ4n) is 4.42. The average Bonchev–Trinajstić information content (AvgIpc) is 2.92. The quantitative estimate of drug-likeness (QED) is 0.866. The molecule has 4 heteroatoms. The second-order valence-electron chi connectivity index (χ2n) is 7.54. The van der Waals surface area contributed by atoms with Crippen molar-refractivity contribution in [3.63, 3.8) is 0 Å². The molecule has 0 bridgehead atoms. The number of nitrogens with zero attached hydrogens (tertiary/aromatic N) is 2. The second kappa shape index (κ2) is 7.31. The molecule has 1 aromatic carbocycles. The Balaban J connectivity index is 1.62. The second-order valence-corrected chi connectivity index (χ2v) is 7.54. The van der Waals surface area contributed by atoms with E-state index in [0.717, 1.165) is 26.2 Å². The molecule has 1 aromatic rings. The number of aryl methyl sites for hydroxylation is 1. The Morgan fingerprint density at radius 3 is 2.70 bits per heavy atom. The third kappa shape index (κ3) is 3.94. The Bertz CT molecular complexity index is 518. The molecule has 128 valence electrons. The summed E-state index contributed by atoms with van der Waals surface area (Å²) < 4.78 is 0. The first-order valence-electron chi connectivity index (χ1n) is 8.88. The first kappa shape index (κ1) is 16.9. The molecule has 4 nitrogen and oxygen atoms in total. The highest BCUT2D eigenvalue weighted by atomic mass is 16.3. The summed E-state index contributed by atoms with van der Waals surface area (Å²) in [7, 11) is 0. The summed E-state index contributed by atoms with van der Waals surface area (Å²) in [5, 5.41) is 18.9. The zero-order valence-corrected chi connectivity index (χ0v) is 14.2. The Morgan fingerprint density at radius 1 is 1.13 bits per heavy atom. The molecule has 2 fully saturated rings. The van der Waals surface area contributed by atoms with Gasteiger partial charge in [-0.05, 0) is 50.3 Å². The zero-order valence-electron chi connectivity index (χ0n) is 14.2. The van der Waals surface area contributed by atoms with Crippen LogP contribution >= 0.6 is 0 Å². The van der Waals surface area contributed by atoms with Crippen LogP contribution in [0.25, 0.3) is 0 Å². The van der Waals surface area contributed by atoms with Gasteiger partial charge in [-0.15, -0.1) is 0 Å². The van der Waals surface area contributed by atoms with Crippen molar-refractivity contribution in [2.24, 2.45) is 5.41 Å². The normalized spacial score (nSPS) is 26.4. The van der Waals surface area contributed by atoms with Crippen LogP contribution in [-0.4, -0.2) is 65.4 Å². The summed E-state index contributed by atoms with van der Waals surface area (Å²) in [6.07, 6.45) is 3.72. The van der Waals surface area contributed by atoms with E-state index >= 15 is 0 Å². The number of likely N-dealkylation sites (tertiary alicyclic amines) is 2. The van der Waals surface area contributed by atoms with E-state index < -0.39 is 0 Å². The summed E-state index contributed by atoms with van der Waals surface area (Å²) in [5.41, 5.74) is 3.08. The van der Waals surface area contributed by atoms with E-state index in [4.69, 9.17) is 0 Å². The highest BCUT2D eigenvalue weighted by Gasteiger charge is 2.42. The lowest BCUT2D eigenvalue weighted by molar-refractivity contribution is 0.0556. The minimum atomic E-state index is -0.0819. The SMILES string of the molecule is Cc1cccc(CN2CCC[C@@]3(CCN(C(CO)CO)C3)C2)c1. The molecule has 2 aliphatic heterocycles. The van der Waals surface area contributed by atoms with Gasteiger partial charge in [0.2, 0.25) is 0 Å². The van der Waals surface area contributed by atoms with E-state index in [2.05, 4.69) is 41.0 Å². The van der Waals surface area contributed by atoms with Crippen molar-refractivity contribution in [2.75, 3.05) is 39.4 Å². The lowest BCUT2D eigenvalue weighted by atomic mass is 9.79. The topological polar surface area (TPSA) is 46.9 Å². The fraction of sp³-hybridized carbons (Fsp3) is 0.684. The lowest BCUT2D eigenvalue weighted by Crippen LogP contribution is -2.46. The van der Waals surface area contributed by atoms with Crippen molar-refractivity contribution in [3.8, 4) is 0 Å². The van der Waals surface area contributed by atoms with Gasteiger partial charge >= 0.3 is 0 Å². The number of aliphatic hydroxyl groups excluding tert-OH is 2. The summed E-state index contributed by atoms with van der Waals surface area (Å²) in [6.45, 7) is 7.64. The minimum Gasteiger partial charge on any atom is -0.395 e. The highest BCUT2D eigenvalue weighted by Crippen LogP contribution is 2.40. The number of piperidine rings is 1. The van der Waals surface area contributed by atoms with E-state index in [1.54, 1.807) is 0 Å². The lowest BCUT2D eigenvalue weighted by Gasteiger charge is -2.41. The molecule has 1 spiro atoms. The van der Waals surface area contributed by atoms with E-state index in [1.807, 2.05) is 0 Å². The maximum absolute atomic E-state index is 9.43. The van der Waals surface area contributed by atoms with Crippen molar-refractivity contribution >= 4 is 0 Å². The van der Waals surface area contributed by atoms with Gasteiger partial charge in [-0.1, -0.05) is 29.8 Å². The van der Waals surface area contributed by atoms with Gasteiger partial charge in [-0.3, -0.25) is 9.80 Å². The molecule has 2 saturated heterocycles. The van der Waals surface area contributed by atoms with Crippen LogP contribution < -0.4 is 0 Å². The predicted molar refractivity (Wildman–Crippen MR) is 92.3 cm³/mol. The first-order valence-corrected chi connectivity index (χ1v) is 8.88. The van der Waals surface area contributed by atoms with E-state index in [9.17, 15) is 10.2 Å². The van der Waals surface area contributed by atoms with E-state index in [1.165, 1.54) is 36.9 Å². The van der Waals surface area contributed by atoms with Crippen LogP contribution in [0.5, 0.6) is 0 Å². The Labute approximate surface area is 139 Å². The molecule has 2 aliphatic rings. The van der Waals surface area contributed by atoms with Crippen molar-refractivity contribution in [2.45, 2.75) is 38.8 Å². The molecule has 0 saturated carbocycles. The number of rotatable bonds is 5. The Hall–Kier alpha value is -0.940. The highest BCUT2D eigenvalue weighted by molar-refractivity contribution is 5.22. The first-order chi connectivity index (χ1) is 11.1. The smallest absolute Gasteiger partial charge is 0.0609 e. The van der Waals surface area contributed by atoms with Gasteiger partial charge in [0.1, 0.15) is 0 Å². The molecule has 1 atom stereocenters. The summed E-state index contributed by atoms with van der Waals surface area (Å²) in [5.74, 6) is 0. The number of hydrogen-bond acceptors (Lipinski definition) is 4. The van der Waals surface area contributed by atoms with Crippen LogP contribution in [0, 0.1) is 12.3 Å². The molecule has 0 radical (unpaired) electrons. The van der Waals surface area contributed by atoms with Gasteiger partial charge in [0.25, 0.3) is 0 Å². The summed E-state index contributed by atoms with van der Waals surface area (Å²) in [6, 6.07) is 8.73. The van der Waals surface area contributed by atoms with Crippen LogP contribution in [0.15, 0.2) is 24.3 Å². The Kier molecular flexibility index (Phi) is 5.37. The average molecular weight is 318 g/mol. The van der Waals surface area contributed by atoms with Gasteiger partial charge in [0.05, 0.1) is 19.3 Å². The molecule has 3 rings (SSSR count). The van der Waals surface area contributed by atoms with Gasteiger partial charge in [-0.2, -0.15) is 0 Å².